The number of hydrogen-bond acceptors (Lipinski definition) is 4. The number of halogens is 1. The monoisotopic (exact) mass is 243 g/mol. The van der Waals surface area contributed by atoms with Gasteiger partial charge in [-0.25, -0.2) is 4.98 Å². The van der Waals surface area contributed by atoms with Crippen molar-refractivity contribution in [1.29, 1.82) is 0 Å². The Morgan fingerprint density at radius 2 is 2.31 bits per heavy atom. The van der Waals surface area contributed by atoms with E-state index in [2.05, 4.69) is 10.3 Å². The predicted molar refractivity (Wildman–Crippen MR) is 62.3 cm³/mol. The molecule has 4 N–H and O–H groups in total. The number of rotatable bonds is 3. The quantitative estimate of drug-likeness (QED) is 0.733. The number of nitrogen functional groups attached to an aromatic ring is 1. The summed E-state index contributed by atoms with van der Waals surface area (Å²) in [4.78, 5) is 15.5. The van der Waals surface area contributed by atoms with E-state index in [4.69, 9.17) is 22.4 Å². The van der Waals surface area contributed by atoms with Crippen LogP contribution in [0.5, 0.6) is 0 Å². The van der Waals surface area contributed by atoms with Crippen LogP contribution >= 0.6 is 11.6 Å². The Balaban J connectivity index is 2.85. The minimum Gasteiger partial charge on any atom is -0.394 e. The van der Waals surface area contributed by atoms with Crippen molar-refractivity contribution in [3.63, 3.8) is 0 Å². The summed E-state index contributed by atoms with van der Waals surface area (Å²) in [6, 6.07) is 1.44. The molecule has 0 aromatic carbocycles. The van der Waals surface area contributed by atoms with Crippen molar-refractivity contribution in [3.8, 4) is 0 Å². The maximum Gasteiger partial charge on any atom is 0.253 e. The van der Waals surface area contributed by atoms with Crippen LogP contribution in [0.2, 0.25) is 5.02 Å². The maximum absolute atomic E-state index is 11.7. The van der Waals surface area contributed by atoms with Crippen molar-refractivity contribution in [2.45, 2.75) is 19.4 Å². The van der Waals surface area contributed by atoms with E-state index in [-0.39, 0.29) is 23.4 Å². The third-order valence-electron chi connectivity index (χ3n) is 1.98. The molecule has 88 valence electrons. The molecule has 0 atom stereocenters. The highest BCUT2D eigenvalue weighted by molar-refractivity contribution is 6.33. The van der Waals surface area contributed by atoms with Gasteiger partial charge in [0.05, 0.1) is 22.7 Å². The second-order valence-corrected chi connectivity index (χ2v) is 4.49. The molecule has 0 aliphatic heterocycles. The van der Waals surface area contributed by atoms with Gasteiger partial charge in [-0.3, -0.25) is 4.79 Å². The van der Waals surface area contributed by atoms with Crippen molar-refractivity contribution < 1.29 is 9.90 Å². The molecule has 1 aromatic heterocycles. The Morgan fingerprint density at radius 3 is 2.81 bits per heavy atom. The fourth-order valence-electron chi connectivity index (χ4n) is 0.992. The maximum atomic E-state index is 11.7. The highest BCUT2D eigenvalue weighted by atomic mass is 35.5. The van der Waals surface area contributed by atoms with Gasteiger partial charge in [-0.2, -0.15) is 0 Å². The normalized spacial score (nSPS) is 11.2. The van der Waals surface area contributed by atoms with Gasteiger partial charge in [0.2, 0.25) is 0 Å². The molecule has 0 bridgehead atoms. The molecule has 1 amide bonds. The van der Waals surface area contributed by atoms with Crippen LogP contribution in [-0.2, 0) is 0 Å². The standard InChI is InChI=1S/C10H14ClN3O2/c1-10(2,5-15)14-9(16)6-3-7(11)8(12)13-4-6/h3-4,15H,5H2,1-2H3,(H2,12,13)(H,14,16). The summed E-state index contributed by atoms with van der Waals surface area (Å²) >= 11 is 5.75. The van der Waals surface area contributed by atoms with E-state index in [1.54, 1.807) is 13.8 Å². The van der Waals surface area contributed by atoms with E-state index in [9.17, 15) is 4.79 Å². The van der Waals surface area contributed by atoms with Crippen LogP contribution in [0.4, 0.5) is 5.82 Å². The van der Waals surface area contributed by atoms with Gasteiger partial charge in [0.1, 0.15) is 5.82 Å². The van der Waals surface area contributed by atoms with E-state index in [1.807, 2.05) is 0 Å². The number of amides is 1. The van der Waals surface area contributed by atoms with Crippen molar-refractivity contribution in [2.24, 2.45) is 0 Å². The zero-order valence-electron chi connectivity index (χ0n) is 9.12. The van der Waals surface area contributed by atoms with Crippen LogP contribution < -0.4 is 11.1 Å². The number of nitrogens with zero attached hydrogens (tertiary/aromatic N) is 1. The van der Waals surface area contributed by atoms with Crippen molar-refractivity contribution in [2.75, 3.05) is 12.3 Å². The summed E-state index contributed by atoms with van der Waals surface area (Å²) < 4.78 is 0. The third-order valence-corrected chi connectivity index (χ3v) is 2.28. The third kappa shape index (κ3) is 3.08. The second kappa shape index (κ2) is 4.67. The van der Waals surface area contributed by atoms with E-state index in [0.717, 1.165) is 0 Å². The second-order valence-electron chi connectivity index (χ2n) is 4.09. The first kappa shape index (κ1) is 12.7. The molecule has 0 fully saturated rings. The molecule has 1 aromatic rings. The fourth-order valence-corrected chi connectivity index (χ4v) is 1.16. The zero-order valence-corrected chi connectivity index (χ0v) is 9.88. The molecule has 0 unspecified atom stereocenters. The average molecular weight is 244 g/mol. The molecule has 0 radical (unpaired) electrons. The van der Waals surface area contributed by atoms with E-state index >= 15 is 0 Å². The number of pyridine rings is 1. The SMILES string of the molecule is CC(C)(CO)NC(=O)c1cnc(N)c(Cl)c1. The lowest BCUT2D eigenvalue weighted by molar-refractivity contribution is 0.0869. The number of nitrogens with two attached hydrogens (primary N) is 1. The smallest absolute Gasteiger partial charge is 0.253 e. The lowest BCUT2D eigenvalue weighted by Crippen LogP contribution is -2.46. The number of hydrogen-bond donors (Lipinski definition) is 3. The van der Waals surface area contributed by atoms with Crippen LogP contribution in [0.15, 0.2) is 12.3 Å². The largest absolute Gasteiger partial charge is 0.394 e. The number of carbonyl (C=O) groups is 1. The summed E-state index contributed by atoms with van der Waals surface area (Å²) in [5.74, 6) is -0.173. The molecule has 1 heterocycles. The summed E-state index contributed by atoms with van der Waals surface area (Å²) in [6.07, 6.45) is 1.34. The van der Waals surface area contributed by atoms with Gasteiger partial charge < -0.3 is 16.2 Å². The highest BCUT2D eigenvalue weighted by Crippen LogP contribution is 2.17. The number of aromatic nitrogens is 1. The van der Waals surface area contributed by atoms with Gasteiger partial charge in [-0.1, -0.05) is 11.6 Å². The first-order valence-electron chi connectivity index (χ1n) is 4.70. The minimum atomic E-state index is -0.690. The molecule has 0 saturated heterocycles. The molecule has 1 rings (SSSR count). The first-order valence-corrected chi connectivity index (χ1v) is 5.08. The van der Waals surface area contributed by atoms with Crippen molar-refractivity contribution in [1.82, 2.24) is 10.3 Å². The summed E-state index contributed by atoms with van der Waals surface area (Å²) in [5, 5.41) is 11.9. The molecule has 0 aliphatic carbocycles. The molecule has 5 nitrogen and oxygen atoms in total. The molecule has 0 spiro atoms. The van der Waals surface area contributed by atoms with Gasteiger partial charge in [0.15, 0.2) is 0 Å². The fraction of sp³-hybridized carbons (Fsp3) is 0.400. The van der Waals surface area contributed by atoms with Crippen LogP contribution in [0, 0.1) is 0 Å². The van der Waals surface area contributed by atoms with Gasteiger partial charge >= 0.3 is 0 Å². The number of carbonyl (C=O) groups excluding carboxylic acids is 1. The molecule has 0 aliphatic rings. The summed E-state index contributed by atoms with van der Waals surface area (Å²) in [5.41, 5.74) is 5.04. The van der Waals surface area contributed by atoms with Crippen molar-refractivity contribution in [3.05, 3.63) is 22.8 Å². The topological polar surface area (TPSA) is 88.2 Å². The lowest BCUT2D eigenvalue weighted by Gasteiger charge is -2.23. The average Bonchev–Trinajstić information content (AvgIpc) is 2.21. The Morgan fingerprint density at radius 1 is 1.69 bits per heavy atom. The number of nitrogens with one attached hydrogen (secondary N) is 1. The van der Waals surface area contributed by atoms with Crippen LogP contribution in [0.25, 0.3) is 0 Å². The van der Waals surface area contributed by atoms with E-state index in [1.165, 1.54) is 12.3 Å². The molecular weight excluding hydrogens is 230 g/mol. The molecule has 0 saturated carbocycles. The Bertz CT molecular complexity index is 407. The van der Waals surface area contributed by atoms with Crippen LogP contribution in [0.1, 0.15) is 24.2 Å². The molecule has 16 heavy (non-hydrogen) atoms. The Labute approximate surface area is 98.6 Å². The lowest BCUT2D eigenvalue weighted by atomic mass is 10.1. The summed E-state index contributed by atoms with van der Waals surface area (Å²) in [7, 11) is 0. The van der Waals surface area contributed by atoms with Gasteiger partial charge in [-0.15, -0.1) is 0 Å². The van der Waals surface area contributed by atoms with Gasteiger partial charge in [0, 0.05) is 6.20 Å². The minimum absolute atomic E-state index is 0.158. The van der Waals surface area contributed by atoms with Gasteiger partial charge in [0.25, 0.3) is 5.91 Å². The number of anilines is 1. The van der Waals surface area contributed by atoms with Crippen LogP contribution in [-0.4, -0.2) is 28.1 Å². The number of aliphatic hydroxyl groups is 1. The molecular formula is C10H14ClN3O2. The summed E-state index contributed by atoms with van der Waals surface area (Å²) in [6.45, 7) is 3.25. The Hall–Kier alpha value is -1.33. The highest BCUT2D eigenvalue weighted by Gasteiger charge is 2.20. The van der Waals surface area contributed by atoms with Gasteiger partial charge in [-0.05, 0) is 19.9 Å². The predicted octanol–water partition coefficient (Wildman–Crippen LogP) is 0.818. The van der Waals surface area contributed by atoms with Crippen molar-refractivity contribution >= 4 is 23.3 Å². The van der Waals surface area contributed by atoms with Crippen LogP contribution in [0.3, 0.4) is 0 Å². The number of aliphatic hydroxyl groups excluding tert-OH is 1. The molecule has 6 heteroatoms. The van der Waals surface area contributed by atoms with E-state index in [0.29, 0.717) is 5.56 Å². The first-order chi connectivity index (χ1) is 7.35. The Kier molecular flexibility index (Phi) is 3.72. The van der Waals surface area contributed by atoms with E-state index < -0.39 is 5.54 Å². The zero-order chi connectivity index (χ0) is 12.3.